The van der Waals surface area contributed by atoms with Gasteiger partial charge in [-0.2, -0.15) is 0 Å². The molecule has 4 rings (SSSR count). The monoisotopic (exact) mass is 470 g/mol. The Morgan fingerprint density at radius 3 is 1.74 bits per heavy atom. The lowest BCUT2D eigenvalue weighted by Crippen LogP contribution is -2.16. The van der Waals surface area contributed by atoms with E-state index in [-0.39, 0.29) is 23.1 Å². The third kappa shape index (κ3) is 5.91. The van der Waals surface area contributed by atoms with Crippen LogP contribution in [0.25, 0.3) is 0 Å². The van der Waals surface area contributed by atoms with Crippen molar-refractivity contribution in [3.05, 3.63) is 126 Å². The number of hydrogen-bond acceptors (Lipinski definition) is 3. The number of anilines is 2. The summed E-state index contributed by atoms with van der Waals surface area (Å²) in [6.45, 7) is 1.90. The van der Waals surface area contributed by atoms with Gasteiger partial charge in [0.15, 0.2) is 0 Å². The van der Waals surface area contributed by atoms with E-state index in [0.29, 0.717) is 11.4 Å². The number of hydrogen-bond donors (Lipinski definition) is 2. The van der Waals surface area contributed by atoms with E-state index in [1.807, 2.05) is 67.6 Å². The molecule has 4 aromatic carbocycles. The van der Waals surface area contributed by atoms with E-state index in [0.717, 1.165) is 16.7 Å². The van der Waals surface area contributed by atoms with E-state index in [1.54, 1.807) is 48.5 Å². The molecule has 0 unspecified atom stereocenters. The molecule has 0 aliphatic rings. The van der Waals surface area contributed by atoms with Crippen LogP contribution >= 0.6 is 0 Å². The molecule has 0 spiro atoms. The average molecular weight is 471 g/mol. The summed E-state index contributed by atoms with van der Waals surface area (Å²) in [5.41, 5.74) is 4.16. The highest BCUT2D eigenvalue weighted by Crippen LogP contribution is 2.28. The Bertz CT molecular complexity index is 1300. The number of benzene rings is 4. The minimum Gasteiger partial charge on any atom is -0.326 e. The van der Waals surface area contributed by atoms with Crippen LogP contribution < -0.4 is 10.0 Å². The smallest absolute Gasteiger partial charge is 0.261 e. The van der Waals surface area contributed by atoms with Crippen LogP contribution in [0.1, 0.15) is 29.0 Å². The lowest BCUT2D eigenvalue weighted by molar-refractivity contribution is -0.116. The summed E-state index contributed by atoms with van der Waals surface area (Å²) in [7, 11) is -3.68. The van der Waals surface area contributed by atoms with Gasteiger partial charge in [-0.25, -0.2) is 8.42 Å². The lowest BCUT2D eigenvalue weighted by Gasteiger charge is -2.18. The molecule has 34 heavy (non-hydrogen) atoms. The van der Waals surface area contributed by atoms with Crippen LogP contribution in [-0.4, -0.2) is 14.3 Å². The van der Waals surface area contributed by atoms with E-state index in [2.05, 4.69) is 10.0 Å². The zero-order valence-corrected chi connectivity index (χ0v) is 19.6. The Morgan fingerprint density at radius 2 is 1.21 bits per heavy atom. The van der Waals surface area contributed by atoms with E-state index in [1.165, 1.54) is 0 Å². The van der Waals surface area contributed by atoms with Gasteiger partial charge in [0.1, 0.15) is 0 Å². The summed E-state index contributed by atoms with van der Waals surface area (Å²) in [4.78, 5) is 13.1. The highest BCUT2D eigenvalue weighted by molar-refractivity contribution is 7.92. The van der Waals surface area contributed by atoms with Gasteiger partial charge < -0.3 is 5.32 Å². The molecule has 0 atom stereocenters. The zero-order valence-electron chi connectivity index (χ0n) is 18.8. The van der Waals surface area contributed by atoms with Crippen molar-refractivity contribution in [2.24, 2.45) is 0 Å². The highest BCUT2D eigenvalue weighted by atomic mass is 32.2. The standard InChI is InChI=1S/C28H26N2O3S/c1-21-12-18-26(19-13-21)34(32,33)30-25-16-14-24(15-17-25)29-28(31)20-27(22-8-4-2-5-9-22)23-10-6-3-7-11-23/h2-19,27,30H,20H2,1H3,(H,29,31). The molecule has 172 valence electrons. The number of rotatable bonds is 8. The summed E-state index contributed by atoms with van der Waals surface area (Å²) in [5.74, 6) is -0.186. The third-order valence-corrected chi connectivity index (χ3v) is 6.94. The molecule has 6 heteroatoms. The van der Waals surface area contributed by atoms with Gasteiger partial charge in [-0.1, -0.05) is 78.4 Å². The fraction of sp³-hybridized carbons (Fsp3) is 0.107. The normalized spacial score (nSPS) is 11.2. The summed E-state index contributed by atoms with van der Waals surface area (Å²) in [6.07, 6.45) is 0.288. The first-order valence-corrected chi connectivity index (χ1v) is 12.5. The maximum Gasteiger partial charge on any atom is 0.261 e. The molecule has 0 aromatic heterocycles. The maximum atomic E-state index is 12.9. The van der Waals surface area contributed by atoms with E-state index in [9.17, 15) is 13.2 Å². The van der Waals surface area contributed by atoms with E-state index >= 15 is 0 Å². The first-order chi connectivity index (χ1) is 16.4. The number of aryl methyl sites for hydroxylation is 1. The van der Waals surface area contributed by atoms with Crippen molar-refractivity contribution in [2.75, 3.05) is 10.0 Å². The Hall–Kier alpha value is -3.90. The quantitative estimate of drug-likeness (QED) is 0.334. The van der Waals surface area contributed by atoms with Gasteiger partial charge in [0.05, 0.1) is 4.90 Å². The number of nitrogens with one attached hydrogen (secondary N) is 2. The van der Waals surface area contributed by atoms with Crippen LogP contribution in [0.5, 0.6) is 0 Å². The first kappa shape index (κ1) is 23.3. The largest absolute Gasteiger partial charge is 0.326 e. The molecule has 0 saturated carbocycles. The molecule has 0 heterocycles. The highest BCUT2D eigenvalue weighted by Gasteiger charge is 2.18. The van der Waals surface area contributed by atoms with Gasteiger partial charge in [0, 0.05) is 23.7 Å². The number of sulfonamides is 1. The van der Waals surface area contributed by atoms with Gasteiger partial charge in [0.25, 0.3) is 10.0 Å². The Labute approximate surface area is 200 Å². The van der Waals surface area contributed by atoms with Crippen molar-refractivity contribution in [3.63, 3.8) is 0 Å². The second-order valence-corrected chi connectivity index (χ2v) is 9.80. The molecule has 0 aliphatic carbocycles. The zero-order chi connectivity index (χ0) is 24.0. The fourth-order valence-corrected chi connectivity index (χ4v) is 4.81. The van der Waals surface area contributed by atoms with Crippen LogP contribution in [0.3, 0.4) is 0 Å². The minimum atomic E-state index is -3.68. The molecular weight excluding hydrogens is 444 g/mol. The van der Waals surface area contributed by atoms with Crippen molar-refractivity contribution < 1.29 is 13.2 Å². The van der Waals surface area contributed by atoms with Gasteiger partial charge >= 0.3 is 0 Å². The Balaban J connectivity index is 1.43. The van der Waals surface area contributed by atoms with Crippen LogP contribution in [0.15, 0.2) is 114 Å². The molecule has 0 fully saturated rings. The average Bonchev–Trinajstić information content (AvgIpc) is 2.85. The Morgan fingerprint density at radius 1 is 0.706 bits per heavy atom. The molecule has 0 bridgehead atoms. The van der Waals surface area contributed by atoms with Crippen molar-refractivity contribution in [3.8, 4) is 0 Å². The van der Waals surface area contributed by atoms with Gasteiger partial charge in [-0.15, -0.1) is 0 Å². The summed E-state index contributed by atoms with van der Waals surface area (Å²) < 4.78 is 27.7. The predicted octanol–water partition coefficient (Wildman–Crippen LogP) is 5.96. The van der Waals surface area contributed by atoms with Crippen molar-refractivity contribution >= 4 is 27.3 Å². The lowest BCUT2D eigenvalue weighted by atomic mass is 9.88. The van der Waals surface area contributed by atoms with Crippen LogP contribution in [0.2, 0.25) is 0 Å². The minimum absolute atomic E-state index is 0.0667. The number of carbonyl (C=O) groups excluding carboxylic acids is 1. The molecule has 0 saturated heterocycles. The van der Waals surface area contributed by atoms with Crippen LogP contribution in [0.4, 0.5) is 11.4 Å². The maximum absolute atomic E-state index is 12.9. The molecule has 1 amide bonds. The van der Waals surface area contributed by atoms with Crippen molar-refractivity contribution in [1.29, 1.82) is 0 Å². The molecule has 2 N–H and O–H groups in total. The fourth-order valence-electron chi connectivity index (χ4n) is 3.75. The number of carbonyl (C=O) groups is 1. The van der Waals surface area contributed by atoms with Gasteiger partial charge in [-0.3, -0.25) is 9.52 Å². The number of amides is 1. The topological polar surface area (TPSA) is 75.3 Å². The van der Waals surface area contributed by atoms with Crippen LogP contribution in [-0.2, 0) is 14.8 Å². The van der Waals surface area contributed by atoms with Crippen LogP contribution in [0, 0.1) is 6.92 Å². The van der Waals surface area contributed by atoms with Crippen molar-refractivity contribution in [2.45, 2.75) is 24.2 Å². The Kier molecular flexibility index (Phi) is 7.09. The molecular formula is C28H26N2O3S. The van der Waals surface area contributed by atoms with Gasteiger partial charge in [-0.05, 0) is 54.4 Å². The predicted molar refractivity (Wildman–Crippen MR) is 136 cm³/mol. The summed E-state index contributed by atoms with van der Waals surface area (Å²) in [5, 5.41) is 2.92. The second kappa shape index (κ2) is 10.4. The second-order valence-electron chi connectivity index (χ2n) is 8.12. The SMILES string of the molecule is Cc1ccc(S(=O)(=O)Nc2ccc(NC(=O)CC(c3ccccc3)c3ccccc3)cc2)cc1. The van der Waals surface area contributed by atoms with E-state index in [4.69, 9.17) is 0 Å². The third-order valence-electron chi connectivity index (χ3n) is 5.55. The molecule has 5 nitrogen and oxygen atoms in total. The summed E-state index contributed by atoms with van der Waals surface area (Å²) >= 11 is 0. The summed E-state index contributed by atoms with van der Waals surface area (Å²) in [6, 6.07) is 33.2. The van der Waals surface area contributed by atoms with Crippen molar-refractivity contribution in [1.82, 2.24) is 0 Å². The van der Waals surface area contributed by atoms with Gasteiger partial charge in [0.2, 0.25) is 5.91 Å². The first-order valence-electron chi connectivity index (χ1n) is 11.0. The molecule has 4 aromatic rings. The molecule has 0 radical (unpaired) electrons. The van der Waals surface area contributed by atoms with E-state index < -0.39 is 10.0 Å². The molecule has 0 aliphatic heterocycles.